The lowest BCUT2D eigenvalue weighted by molar-refractivity contribution is -0.116. The number of methoxy groups -OCH3 is 1. The number of aryl methyl sites for hydroxylation is 1. The van der Waals surface area contributed by atoms with Gasteiger partial charge in [0.15, 0.2) is 10.6 Å². The van der Waals surface area contributed by atoms with Gasteiger partial charge in [-0.3, -0.25) is 19.4 Å². The van der Waals surface area contributed by atoms with Crippen LogP contribution in [0.1, 0.15) is 12.0 Å². The largest absolute Gasteiger partial charge is 0.494 e. The first-order chi connectivity index (χ1) is 14.6. The Labute approximate surface area is 178 Å². The number of anilines is 1. The zero-order valence-electron chi connectivity index (χ0n) is 16.7. The van der Waals surface area contributed by atoms with E-state index in [1.807, 2.05) is 54.0 Å². The van der Waals surface area contributed by atoms with Gasteiger partial charge < -0.3 is 10.1 Å². The summed E-state index contributed by atoms with van der Waals surface area (Å²) in [6.45, 7) is 2.44. The maximum absolute atomic E-state index is 12.7. The molecule has 8 heteroatoms. The second-order valence-electron chi connectivity index (χ2n) is 6.88. The van der Waals surface area contributed by atoms with Gasteiger partial charge in [0.1, 0.15) is 11.3 Å². The Kier molecular flexibility index (Phi) is 5.58. The molecule has 0 spiro atoms. The minimum atomic E-state index is -0.122. The number of ether oxygens (including phenoxy) is 1. The molecule has 0 aliphatic heterocycles. The lowest BCUT2D eigenvalue weighted by Gasteiger charge is -2.12. The molecule has 0 aliphatic rings. The highest BCUT2D eigenvalue weighted by molar-refractivity contribution is 7.71. The molecule has 152 valence electrons. The number of H-pyrrole nitrogens is 1. The summed E-state index contributed by atoms with van der Waals surface area (Å²) in [6.07, 6.45) is 1.95. The van der Waals surface area contributed by atoms with Crippen LogP contribution in [0.5, 0.6) is 5.75 Å². The van der Waals surface area contributed by atoms with E-state index >= 15 is 0 Å². The van der Waals surface area contributed by atoms with Crippen molar-refractivity contribution >= 4 is 34.7 Å². The number of hydrogen-bond donors (Lipinski definition) is 2. The highest BCUT2D eigenvalue weighted by Gasteiger charge is 2.13. The second-order valence-corrected chi connectivity index (χ2v) is 7.27. The number of nitrogens with one attached hydrogen (secondary N) is 2. The van der Waals surface area contributed by atoms with Crippen LogP contribution in [0.3, 0.4) is 0 Å². The zero-order chi connectivity index (χ0) is 21.1. The third-order valence-corrected chi connectivity index (χ3v) is 5.17. The van der Waals surface area contributed by atoms with Crippen molar-refractivity contribution in [2.75, 3.05) is 12.4 Å². The van der Waals surface area contributed by atoms with Crippen LogP contribution < -0.4 is 10.1 Å². The van der Waals surface area contributed by atoms with E-state index in [4.69, 9.17) is 17.0 Å². The van der Waals surface area contributed by atoms with Gasteiger partial charge in [-0.2, -0.15) is 5.10 Å². The molecule has 2 aromatic heterocycles. The van der Waals surface area contributed by atoms with Gasteiger partial charge in [-0.25, -0.2) is 0 Å². The van der Waals surface area contributed by atoms with Gasteiger partial charge in [0.2, 0.25) is 5.91 Å². The summed E-state index contributed by atoms with van der Waals surface area (Å²) in [5, 5.41) is 10.9. The second kappa shape index (κ2) is 8.46. The monoisotopic (exact) mass is 419 g/mol. The zero-order valence-corrected chi connectivity index (χ0v) is 17.5. The van der Waals surface area contributed by atoms with Gasteiger partial charge in [0.25, 0.3) is 0 Å². The smallest absolute Gasteiger partial charge is 0.226 e. The van der Waals surface area contributed by atoms with Crippen LogP contribution in [0.2, 0.25) is 0 Å². The molecule has 0 bridgehead atoms. The van der Waals surface area contributed by atoms with E-state index < -0.39 is 0 Å². The van der Waals surface area contributed by atoms with Gasteiger partial charge in [0.05, 0.1) is 12.8 Å². The first kappa shape index (κ1) is 19.8. The average Bonchev–Trinajstić information content (AvgIpc) is 3.13. The molecule has 7 nitrogen and oxygen atoms in total. The molecular weight excluding hydrogens is 398 g/mol. The Morgan fingerprint density at radius 1 is 1.20 bits per heavy atom. The number of benzene rings is 2. The lowest BCUT2D eigenvalue weighted by atomic mass is 10.1. The summed E-state index contributed by atoms with van der Waals surface area (Å²) in [5.74, 6) is 1.26. The van der Waals surface area contributed by atoms with Crippen molar-refractivity contribution in [3.8, 4) is 17.1 Å². The van der Waals surface area contributed by atoms with Crippen LogP contribution in [0.25, 0.3) is 22.3 Å². The van der Waals surface area contributed by atoms with Crippen LogP contribution in [0, 0.1) is 11.7 Å². The number of aromatic nitrogens is 4. The highest BCUT2D eigenvalue weighted by Crippen LogP contribution is 2.29. The summed E-state index contributed by atoms with van der Waals surface area (Å²) >= 11 is 5.36. The third-order valence-electron chi connectivity index (χ3n) is 4.86. The minimum Gasteiger partial charge on any atom is -0.494 e. The fraction of sp³-hybridized carbons (Fsp3) is 0.182. The molecule has 0 aliphatic carbocycles. The molecule has 30 heavy (non-hydrogen) atoms. The molecule has 2 heterocycles. The van der Waals surface area contributed by atoms with Crippen LogP contribution in [0.4, 0.5) is 5.69 Å². The van der Waals surface area contributed by atoms with E-state index in [-0.39, 0.29) is 12.3 Å². The van der Waals surface area contributed by atoms with Gasteiger partial charge in [-0.1, -0.05) is 29.8 Å². The van der Waals surface area contributed by atoms with E-state index in [0.29, 0.717) is 34.1 Å². The first-order valence-corrected chi connectivity index (χ1v) is 9.91. The Balaban J connectivity index is 1.52. The Morgan fingerprint density at radius 3 is 2.77 bits per heavy atom. The van der Waals surface area contributed by atoms with Crippen molar-refractivity contribution in [1.29, 1.82) is 0 Å². The van der Waals surface area contributed by atoms with Gasteiger partial charge in [0, 0.05) is 30.1 Å². The molecule has 4 aromatic rings. The number of hydrogen-bond acceptors (Lipinski definition) is 5. The van der Waals surface area contributed by atoms with Gasteiger partial charge >= 0.3 is 0 Å². The van der Waals surface area contributed by atoms with Crippen LogP contribution in [0.15, 0.2) is 54.7 Å². The molecular formula is C22H21N5O2S. The molecule has 1 amide bonds. The Hall–Kier alpha value is -3.52. The molecule has 0 unspecified atom stereocenters. The number of nitrogens with zero attached hydrogens (tertiary/aromatic N) is 3. The topological polar surface area (TPSA) is 84.8 Å². The number of pyridine rings is 1. The van der Waals surface area contributed by atoms with E-state index in [9.17, 15) is 4.79 Å². The van der Waals surface area contributed by atoms with Crippen LogP contribution in [-0.2, 0) is 11.3 Å². The fourth-order valence-corrected chi connectivity index (χ4v) is 3.52. The average molecular weight is 420 g/mol. The van der Waals surface area contributed by atoms with Crippen molar-refractivity contribution < 1.29 is 9.53 Å². The number of carbonyl (C=O) groups is 1. The van der Waals surface area contributed by atoms with Crippen molar-refractivity contribution in [3.63, 3.8) is 0 Å². The fourth-order valence-electron chi connectivity index (χ4n) is 3.29. The maximum Gasteiger partial charge on any atom is 0.226 e. The molecule has 2 aromatic carbocycles. The number of rotatable bonds is 6. The molecule has 0 saturated heterocycles. The highest BCUT2D eigenvalue weighted by atomic mass is 32.1. The van der Waals surface area contributed by atoms with E-state index in [2.05, 4.69) is 20.5 Å². The summed E-state index contributed by atoms with van der Waals surface area (Å²) in [6, 6.07) is 15.4. The Morgan fingerprint density at radius 2 is 2.00 bits per heavy atom. The summed E-state index contributed by atoms with van der Waals surface area (Å²) in [4.78, 5) is 17.0. The SMILES string of the molecule is COc1ccc(NC(=O)CCn2c(-c3ccc(C)cc3)n[nH]c2=S)c2cccnc12. The molecule has 4 rings (SSSR count). The first-order valence-electron chi connectivity index (χ1n) is 9.50. The lowest BCUT2D eigenvalue weighted by Crippen LogP contribution is -2.15. The molecule has 0 fully saturated rings. The number of amides is 1. The minimum absolute atomic E-state index is 0.122. The third kappa shape index (κ3) is 3.95. The quantitative estimate of drug-likeness (QED) is 0.450. The molecule has 0 radical (unpaired) electrons. The summed E-state index contributed by atoms with van der Waals surface area (Å²) in [7, 11) is 1.60. The number of aromatic amines is 1. The normalized spacial score (nSPS) is 10.9. The standard InChI is InChI=1S/C22H21N5O2S/c1-14-5-7-15(8-6-14)21-25-26-22(30)27(21)13-11-19(28)24-17-9-10-18(29-2)20-16(17)4-3-12-23-20/h3-10,12H,11,13H2,1-2H3,(H,24,28)(H,26,30). The number of carbonyl (C=O) groups excluding carboxylic acids is 1. The van der Waals surface area contributed by atoms with Crippen LogP contribution in [-0.4, -0.2) is 32.8 Å². The van der Waals surface area contributed by atoms with E-state index in [0.717, 1.165) is 10.9 Å². The van der Waals surface area contributed by atoms with Crippen molar-refractivity contribution in [1.82, 2.24) is 19.7 Å². The van der Waals surface area contributed by atoms with E-state index in [1.165, 1.54) is 5.56 Å². The van der Waals surface area contributed by atoms with Gasteiger partial charge in [-0.15, -0.1) is 0 Å². The van der Waals surface area contributed by atoms with Gasteiger partial charge in [-0.05, 0) is 43.4 Å². The number of fused-ring (bicyclic) bond motifs is 1. The van der Waals surface area contributed by atoms with Crippen molar-refractivity contribution in [2.24, 2.45) is 0 Å². The molecule has 0 saturated carbocycles. The maximum atomic E-state index is 12.7. The summed E-state index contributed by atoms with van der Waals surface area (Å²) in [5.41, 5.74) is 3.51. The van der Waals surface area contributed by atoms with Crippen molar-refractivity contribution in [2.45, 2.75) is 19.9 Å². The molecule has 0 atom stereocenters. The predicted molar refractivity (Wildman–Crippen MR) is 119 cm³/mol. The summed E-state index contributed by atoms with van der Waals surface area (Å²) < 4.78 is 7.68. The van der Waals surface area contributed by atoms with E-state index in [1.54, 1.807) is 19.4 Å². The Bertz CT molecular complexity index is 1260. The molecule has 2 N–H and O–H groups in total. The van der Waals surface area contributed by atoms with Crippen molar-refractivity contribution in [3.05, 3.63) is 65.1 Å². The van der Waals surface area contributed by atoms with Crippen LogP contribution >= 0.6 is 12.2 Å². The predicted octanol–water partition coefficient (Wildman–Crippen LogP) is 4.50.